The van der Waals surface area contributed by atoms with Crippen LogP contribution in [0.1, 0.15) is 59.4 Å². The van der Waals surface area contributed by atoms with Crippen molar-refractivity contribution in [3.05, 3.63) is 118 Å². The van der Waals surface area contributed by atoms with Crippen LogP contribution >= 0.6 is 23.2 Å². The summed E-state index contributed by atoms with van der Waals surface area (Å²) in [7, 11) is 3.17. The first-order valence-electron chi connectivity index (χ1n) is 25.8. The van der Waals surface area contributed by atoms with Crippen molar-refractivity contribution in [2.75, 3.05) is 115 Å². The third-order valence-corrected chi connectivity index (χ3v) is 13.9. The Hall–Kier alpha value is -6.98. The number of methoxy groups -OCH3 is 2. The molecule has 0 radical (unpaired) electrons. The molecule has 5 aromatic rings. The number of halogens is 2. The number of benzene rings is 3. The normalized spacial score (nSPS) is 16.2. The van der Waals surface area contributed by atoms with Crippen LogP contribution in [-0.2, 0) is 38.1 Å². The zero-order valence-corrected chi connectivity index (χ0v) is 45.2. The number of piperazine rings is 1. The van der Waals surface area contributed by atoms with E-state index in [1.165, 1.54) is 16.8 Å². The second-order valence-corrected chi connectivity index (χ2v) is 19.5. The number of nitrogens with one attached hydrogen (secondary N) is 4. The number of aromatic nitrogens is 3. The van der Waals surface area contributed by atoms with E-state index in [9.17, 15) is 33.9 Å². The number of carbonyl (C=O) groups is 6. The molecular formula is C55H66Cl2N10O11. The predicted octanol–water partition coefficient (Wildman–Crippen LogP) is 5.24. The van der Waals surface area contributed by atoms with Gasteiger partial charge in [0, 0.05) is 95.7 Å². The molecule has 78 heavy (non-hydrogen) atoms. The SMILES string of the molecule is COCCC(=O)N1CCC(O)(CNC(=O)c2cc(NC(=O)c3cc(-c4ccccn4)c(Cl)cc3Cl)n(-c3ccccc3)n2)CC1.COCCOCCOCCC(=O)N1CCN(c2ccc(NC3CCC(=O)NC3=O)cc2)CC1. The van der Waals surface area contributed by atoms with Gasteiger partial charge in [0.25, 0.3) is 11.8 Å². The van der Waals surface area contributed by atoms with Gasteiger partial charge in [-0.2, -0.15) is 5.10 Å². The minimum absolute atomic E-state index is 0.0253. The van der Waals surface area contributed by atoms with E-state index in [1.54, 1.807) is 67.8 Å². The summed E-state index contributed by atoms with van der Waals surface area (Å²) in [6.45, 7) is 6.42. The molecular weight excluding hydrogens is 1050 g/mol. The first-order chi connectivity index (χ1) is 37.7. The summed E-state index contributed by atoms with van der Waals surface area (Å²) in [5.74, 6) is -1.27. The molecule has 0 saturated carbocycles. The van der Waals surface area contributed by atoms with Crippen molar-refractivity contribution in [2.24, 2.45) is 0 Å². The molecule has 3 aliphatic rings. The first kappa shape index (κ1) is 58.7. The van der Waals surface area contributed by atoms with Crippen LogP contribution in [0.5, 0.6) is 0 Å². The molecule has 5 heterocycles. The number of ether oxygens (including phenoxy) is 4. The van der Waals surface area contributed by atoms with E-state index in [4.69, 9.17) is 42.1 Å². The number of hydrogen-bond donors (Lipinski definition) is 5. The van der Waals surface area contributed by atoms with Gasteiger partial charge in [-0.15, -0.1) is 0 Å². The van der Waals surface area contributed by atoms with Crippen molar-refractivity contribution in [3.63, 3.8) is 0 Å². The Kier molecular flexibility index (Phi) is 21.9. The summed E-state index contributed by atoms with van der Waals surface area (Å²) in [5.41, 5.74) is 2.64. The van der Waals surface area contributed by atoms with Crippen LogP contribution in [0.2, 0.25) is 10.0 Å². The lowest BCUT2D eigenvalue weighted by Crippen LogP contribution is -2.52. The van der Waals surface area contributed by atoms with Gasteiger partial charge in [-0.3, -0.25) is 39.1 Å². The number of aliphatic hydroxyl groups is 1. The molecule has 0 spiro atoms. The number of pyridine rings is 1. The zero-order chi connectivity index (χ0) is 55.4. The van der Waals surface area contributed by atoms with Crippen LogP contribution in [-0.4, -0.2) is 176 Å². The Morgan fingerprint density at radius 2 is 1.38 bits per heavy atom. The topological polar surface area (TPSA) is 248 Å². The molecule has 0 bridgehead atoms. The summed E-state index contributed by atoms with van der Waals surface area (Å²) in [5, 5.41) is 27.1. The van der Waals surface area contributed by atoms with Crippen molar-refractivity contribution in [1.29, 1.82) is 0 Å². The lowest BCUT2D eigenvalue weighted by molar-refractivity contribution is -0.136. The first-order valence-corrected chi connectivity index (χ1v) is 26.5. The second kappa shape index (κ2) is 29.1. The number of piperidine rings is 2. The van der Waals surface area contributed by atoms with Crippen molar-refractivity contribution in [2.45, 2.75) is 50.2 Å². The number of likely N-dealkylation sites (tertiary alicyclic amines) is 1. The molecule has 6 amide bonds. The Morgan fingerprint density at radius 1 is 0.731 bits per heavy atom. The monoisotopic (exact) mass is 1110 g/mol. The second-order valence-electron chi connectivity index (χ2n) is 18.7. The van der Waals surface area contributed by atoms with E-state index in [1.807, 2.05) is 41.3 Å². The molecule has 0 aliphatic carbocycles. The summed E-state index contributed by atoms with van der Waals surface area (Å²) in [6, 6.07) is 26.4. The maximum atomic E-state index is 13.5. The Bertz CT molecular complexity index is 2810. The fourth-order valence-electron chi connectivity index (χ4n) is 8.80. The fourth-order valence-corrected chi connectivity index (χ4v) is 9.37. The number of imide groups is 1. The summed E-state index contributed by atoms with van der Waals surface area (Å²) >= 11 is 12.9. The van der Waals surface area contributed by atoms with Crippen LogP contribution in [0.4, 0.5) is 17.2 Å². The number of anilines is 3. The zero-order valence-electron chi connectivity index (χ0n) is 43.7. The third-order valence-electron chi connectivity index (χ3n) is 13.3. The number of hydrogen-bond acceptors (Lipinski definition) is 15. The summed E-state index contributed by atoms with van der Waals surface area (Å²) in [6.07, 6.45) is 3.75. The quantitative estimate of drug-likeness (QED) is 0.0440. The fraction of sp³-hybridized carbons (Fsp3) is 0.418. The van der Waals surface area contributed by atoms with Gasteiger partial charge in [0.1, 0.15) is 11.9 Å². The van der Waals surface area contributed by atoms with Gasteiger partial charge in [0.2, 0.25) is 23.6 Å². The highest BCUT2D eigenvalue weighted by molar-refractivity contribution is 6.38. The lowest BCUT2D eigenvalue weighted by atomic mass is 9.91. The predicted molar refractivity (Wildman–Crippen MR) is 294 cm³/mol. The Morgan fingerprint density at radius 3 is 2.05 bits per heavy atom. The van der Waals surface area contributed by atoms with E-state index in [2.05, 4.69) is 36.2 Å². The molecule has 21 nitrogen and oxygen atoms in total. The molecule has 3 aliphatic heterocycles. The van der Waals surface area contributed by atoms with Gasteiger partial charge in [-0.05, 0) is 79.9 Å². The molecule has 8 rings (SSSR count). The van der Waals surface area contributed by atoms with Gasteiger partial charge in [0.15, 0.2) is 5.69 Å². The average Bonchev–Trinajstić information content (AvgIpc) is 3.88. The highest BCUT2D eigenvalue weighted by atomic mass is 35.5. The van der Waals surface area contributed by atoms with Gasteiger partial charge in [-0.1, -0.05) is 47.5 Å². The van der Waals surface area contributed by atoms with E-state index in [0.29, 0.717) is 120 Å². The molecule has 1 unspecified atom stereocenters. The molecule has 3 aromatic carbocycles. The maximum absolute atomic E-state index is 13.5. The van der Waals surface area contributed by atoms with Crippen LogP contribution in [0.15, 0.2) is 97.2 Å². The maximum Gasteiger partial charge on any atom is 0.271 e. The average molecular weight is 1110 g/mol. The van der Waals surface area contributed by atoms with Gasteiger partial charge in [0.05, 0.1) is 85.1 Å². The smallest absolute Gasteiger partial charge is 0.271 e. The molecule has 3 saturated heterocycles. The standard InChI is InChI=1S/C32H32Cl2N6O5.C23H34N4O6/c1-45-16-10-29(41)39-14-11-32(44,12-15-39)20-36-31(43)27-19-28(40(38-27)21-7-3-2-4-8-21)37-30(42)23-17-22(24(33)18-25(23)34)26-9-5-6-13-35-26;1-31-14-15-33-17-16-32-13-8-22(29)27-11-9-26(10-12-27)19-4-2-18(3-5-19)24-20-6-7-21(28)25-23(20)30/h2-9,13,17-19,44H,10-12,14-16,20H2,1H3,(H,36,43)(H,37,42);2-5,20,24H,6-17H2,1H3,(H,25,28,30). The highest BCUT2D eigenvalue weighted by Crippen LogP contribution is 2.33. The van der Waals surface area contributed by atoms with E-state index >= 15 is 0 Å². The number of nitrogens with zero attached hydrogens (tertiary/aromatic N) is 6. The van der Waals surface area contributed by atoms with Crippen molar-refractivity contribution in [3.8, 4) is 16.9 Å². The minimum Gasteiger partial charge on any atom is -0.388 e. The molecule has 23 heteroatoms. The number of carbonyl (C=O) groups excluding carboxylic acids is 6. The molecule has 1 atom stereocenters. The van der Waals surface area contributed by atoms with Crippen LogP contribution < -0.4 is 26.2 Å². The lowest BCUT2D eigenvalue weighted by Gasteiger charge is -2.38. The van der Waals surface area contributed by atoms with Crippen molar-refractivity contribution < 1.29 is 52.8 Å². The number of rotatable bonds is 22. The number of amides is 6. The van der Waals surface area contributed by atoms with Crippen molar-refractivity contribution in [1.82, 2.24) is 35.2 Å². The Labute approximate surface area is 462 Å². The van der Waals surface area contributed by atoms with E-state index in [-0.39, 0.29) is 58.7 Å². The summed E-state index contributed by atoms with van der Waals surface area (Å²) < 4.78 is 22.1. The van der Waals surface area contributed by atoms with Gasteiger partial charge in [-0.25, -0.2) is 4.68 Å². The van der Waals surface area contributed by atoms with E-state index in [0.717, 1.165) is 24.5 Å². The molecule has 416 valence electrons. The van der Waals surface area contributed by atoms with E-state index < -0.39 is 23.5 Å². The number of para-hydroxylation sites is 1. The van der Waals surface area contributed by atoms with Gasteiger partial charge < -0.3 is 54.7 Å². The molecule has 2 aromatic heterocycles. The van der Waals surface area contributed by atoms with Crippen LogP contribution in [0.3, 0.4) is 0 Å². The third kappa shape index (κ3) is 16.8. The summed E-state index contributed by atoms with van der Waals surface area (Å²) in [4.78, 5) is 84.8. The van der Waals surface area contributed by atoms with Crippen LogP contribution in [0, 0.1) is 0 Å². The molecule has 5 N–H and O–H groups in total. The highest BCUT2D eigenvalue weighted by Gasteiger charge is 2.35. The van der Waals surface area contributed by atoms with Crippen molar-refractivity contribution >= 4 is 75.8 Å². The van der Waals surface area contributed by atoms with Crippen LogP contribution in [0.25, 0.3) is 16.9 Å². The molecule has 3 fully saturated rings. The largest absolute Gasteiger partial charge is 0.388 e. The Balaban J connectivity index is 0.000000238. The minimum atomic E-state index is -1.18. The van der Waals surface area contributed by atoms with Gasteiger partial charge >= 0.3 is 0 Å².